The van der Waals surface area contributed by atoms with Gasteiger partial charge >= 0.3 is 6.18 Å². The Morgan fingerprint density at radius 2 is 1.88 bits per heavy atom. The van der Waals surface area contributed by atoms with Gasteiger partial charge in [0, 0.05) is 0 Å². The number of ether oxygens (including phenoxy) is 1. The van der Waals surface area contributed by atoms with Crippen molar-refractivity contribution in [1.82, 2.24) is 0 Å². The summed E-state index contributed by atoms with van der Waals surface area (Å²) in [6.07, 6.45) is -3.28. The second kappa shape index (κ2) is 6.23. The zero-order valence-electron chi connectivity index (χ0n) is 8.60. The summed E-state index contributed by atoms with van der Waals surface area (Å²) in [5, 5.41) is 7.67. The molecule has 0 amide bonds. The number of nitriles is 1. The van der Waals surface area contributed by atoms with Crippen LogP contribution in [-0.2, 0) is 6.18 Å². The van der Waals surface area contributed by atoms with E-state index in [0.717, 1.165) is 6.07 Å². The molecular weight excluding hydrogens is 243 g/mol. The third kappa shape index (κ3) is 3.99. The van der Waals surface area contributed by atoms with Gasteiger partial charge in [-0.2, -0.15) is 13.2 Å². The van der Waals surface area contributed by atoms with Crippen LogP contribution in [0.1, 0.15) is 19.4 Å². The Bertz CT molecular complexity index is 385. The number of hydrogen-bond acceptors (Lipinski definition) is 2. The fraction of sp³-hybridized carbons (Fsp3) is 0.300. The fourth-order valence-corrected chi connectivity index (χ4v) is 1.06. The first-order valence-corrected chi connectivity index (χ1v) is 4.75. The van der Waals surface area contributed by atoms with Gasteiger partial charge in [-0.3, -0.25) is 0 Å². The van der Waals surface area contributed by atoms with E-state index < -0.39 is 16.8 Å². The van der Waals surface area contributed by atoms with Crippen molar-refractivity contribution in [3.05, 3.63) is 28.8 Å². The third-order valence-electron chi connectivity index (χ3n) is 1.41. The van der Waals surface area contributed by atoms with Crippen molar-refractivity contribution in [3.8, 4) is 12.0 Å². The number of hydrogen-bond donors (Lipinski definition) is 0. The maximum Gasteiger partial charge on any atom is 0.417 e. The van der Waals surface area contributed by atoms with Crippen LogP contribution in [-0.4, -0.2) is 0 Å². The van der Waals surface area contributed by atoms with Gasteiger partial charge in [0.25, 0.3) is 6.26 Å². The molecule has 0 atom stereocenters. The normalized spacial score (nSPS) is 9.81. The van der Waals surface area contributed by atoms with Crippen molar-refractivity contribution in [2.45, 2.75) is 20.0 Å². The van der Waals surface area contributed by atoms with Crippen molar-refractivity contribution in [2.75, 3.05) is 0 Å². The highest BCUT2D eigenvalue weighted by atomic mass is 35.5. The van der Waals surface area contributed by atoms with E-state index in [4.69, 9.17) is 16.9 Å². The molecule has 1 aromatic carbocycles. The Labute approximate surface area is 96.2 Å². The van der Waals surface area contributed by atoms with E-state index in [9.17, 15) is 13.2 Å². The van der Waals surface area contributed by atoms with Gasteiger partial charge in [0.2, 0.25) is 0 Å². The van der Waals surface area contributed by atoms with E-state index in [2.05, 4.69) is 4.74 Å². The smallest absolute Gasteiger partial charge is 0.388 e. The molecule has 0 heterocycles. The highest BCUT2D eigenvalue weighted by Gasteiger charge is 2.33. The van der Waals surface area contributed by atoms with Gasteiger partial charge in [-0.15, -0.1) is 5.26 Å². The largest absolute Gasteiger partial charge is 0.417 e. The van der Waals surface area contributed by atoms with Gasteiger partial charge in [-0.05, 0) is 18.2 Å². The molecule has 0 aliphatic heterocycles. The molecule has 2 nitrogen and oxygen atoms in total. The summed E-state index contributed by atoms with van der Waals surface area (Å²) in [4.78, 5) is 0. The molecule has 0 spiro atoms. The molecule has 0 fully saturated rings. The van der Waals surface area contributed by atoms with Crippen LogP contribution >= 0.6 is 11.6 Å². The SMILES string of the molecule is CC.N#COc1ccc(Cl)c(C(F)(F)F)c1. The van der Waals surface area contributed by atoms with Crippen LogP contribution in [0.3, 0.4) is 0 Å². The monoisotopic (exact) mass is 251 g/mol. The summed E-state index contributed by atoms with van der Waals surface area (Å²) in [6.45, 7) is 4.00. The Hall–Kier alpha value is -1.41. The molecule has 0 radical (unpaired) electrons. The van der Waals surface area contributed by atoms with E-state index in [0.29, 0.717) is 6.07 Å². The second-order valence-electron chi connectivity index (χ2n) is 2.33. The molecule has 0 aliphatic rings. The summed E-state index contributed by atoms with van der Waals surface area (Å²) in [5.41, 5.74) is -1.02. The summed E-state index contributed by atoms with van der Waals surface area (Å²) < 4.78 is 41.0. The lowest BCUT2D eigenvalue weighted by molar-refractivity contribution is -0.137. The van der Waals surface area contributed by atoms with Crippen LogP contribution in [0.2, 0.25) is 5.02 Å². The van der Waals surface area contributed by atoms with Crippen LogP contribution in [0, 0.1) is 11.5 Å². The lowest BCUT2D eigenvalue weighted by Crippen LogP contribution is -2.05. The molecule has 0 saturated carbocycles. The zero-order chi connectivity index (χ0) is 12.8. The van der Waals surface area contributed by atoms with E-state index in [1.165, 1.54) is 12.3 Å². The molecule has 16 heavy (non-hydrogen) atoms. The quantitative estimate of drug-likeness (QED) is 0.699. The predicted molar refractivity (Wildman–Crippen MR) is 54.0 cm³/mol. The van der Waals surface area contributed by atoms with Crippen molar-refractivity contribution in [1.29, 1.82) is 5.26 Å². The maximum absolute atomic E-state index is 12.2. The average molecular weight is 252 g/mol. The highest BCUT2D eigenvalue weighted by molar-refractivity contribution is 6.31. The van der Waals surface area contributed by atoms with Gasteiger partial charge in [0.15, 0.2) is 0 Å². The molecule has 0 aliphatic carbocycles. The van der Waals surface area contributed by atoms with E-state index in [1.54, 1.807) is 0 Å². The predicted octanol–water partition coefficient (Wildman–Crippen LogP) is 4.24. The minimum Gasteiger partial charge on any atom is -0.388 e. The molecular formula is C10H9ClF3NO. The standard InChI is InChI=1S/C8H3ClF3NO.C2H6/c9-7-2-1-5(14-4-13)3-6(7)8(10,11)12;1-2/h1-3H;1-2H3. The Morgan fingerprint density at radius 3 is 2.31 bits per heavy atom. The molecule has 1 rings (SSSR count). The topological polar surface area (TPSA) is 33.0 Å². The molecule has 1 aromatic rings. The summed E-state index contributed by atoms with van der Waals surface area (Å²) in [5.74, 6) is -0.191. The van der Waals surface area contributed by atoms with Crippen molar-refractivity contribution >= 4 is 11.6 Å². The van der Waals surface area contributed by atoms with E-state index in [-0.39, 0.29) is 5.75 Å². The first kappa shape index (κ1) is 14.6. The second-order valence-corrected chi connectivity index (χ2v) is 2.74. The van der Waals surface area contributed by atoms with Gasteiger partial charge in [-0.1, -0.05) is 25.4 Å². The zero-order valence-corrected chi connectivity index (χ0v) is 9.36. The van der Waals surface area contributed by atoms with Gasteiger partial charge in [-0.25, -0.2) is 0 Å². The first-order chi connectivity index (χ1) is 7.45. The summed E-state index contributed by atoms with van der Waals surface area (Å²) in [6, 6.07) is 2.88. The van der Waals surface area contributed by atoms with Crippen LogP contribution in [0.4, 0.5) is 13.2 Å². The van der Waals surface area contributed by atoms with E-state index >= 15 is 0 Å². The average Bonchev–Trinajstić information content (AvgIpc) is 2.23. The van der Waals surface area contributed by atoms with Gasteiger partial charge < -0.3 is 4.74 Å². The van der Waals surface area contributed by atoms with Crippen LogP contribution in [0.25, 0.3) is 0 Å². The number of benzene rings is 1. The Morgan fingerprint density at radius 1 is 1.31 bits per heavy atom. The maximum atomic E-state index is 12.2. The molecule has 0 unspecified atom stereocenters. The Kier molecular flexibility index (Phi) is 5.68. The van der Waals surface area contributed by atoms with Gasteiger partial charge in [0.1, 0.15) is 5.75 Å². The van der Waals surface area contributed by atoms with Crippen LogP contribution in [0.15, 0.2) is 18.2 Å². The highest BCUT2D eigenvalue weighted by Crippen LogP contribution is 2.36. The molecule has 0 bridgehead atoms. The van der Waals surface area contributed by atoms with Crippen molar-refractivity contribution in [2.24, 2.45) is 0 Å². The number of rotatable bonds is 1. The van der Waals surface area contributed by atoms with Gasteiger partial charge in [0.05, 0.1) is 10.6 Å². The van der Waals surface area contributed by atoms with Crippen molar-refractivity contribution in [3.63, 3.8) is 0 Å². The number of nitrogens with zero attached hydrogens (tertiary/aromatic N) is 1. The van der Waals surface area contributed by atoms with Crippen LogP contribution < -0.4 is 4.74 Å². The molecule has 88 valence electrons. The van der Waals surface area contributed by atoms with Crippen molar-refractivity contribution < 1.29 is 17.9 Å². The molecule has 0 N–H and O–H groups in total. The van der Waals surface area contributed by atoms with Crippen LogP contribution in [0.5, 0.6) is 5.75 Å². The first-order valence-electron chi connectivity index (χ1n) is 4.38. The lowest BCUT2D eigenvalue weighted by atomic mass is 10.2. The summed E-state index contributed by atoms with van der Waals surface area (Å²) in [7, 11) is 0. The number of halogens is 4. The third-order valence-corrected chi connectivity index (χ3v) is 1.74. The Balaban J connectivity index is 0.00000106. The molecule has 0 aromatic heterocycles. The van der Waals surface area contributed by atoms with E-state index in [1.807, 2.05) is 13.8 Å². The minimum atomic E-state index is -4.55. The summed E-state index contributed by atoms with van der Waals surface area (Å²) >= 11 is 5.32. The lowest BCUT2D eigenvalue weighted by Gasteiger charge is -2.08. The fourth-order valence-electron chi connectivity index (χ4n) is 0.838. The minimum absolute atomic E-state index is 0.191. The number of alkyl halides is 3. The molecule has 0 saturated heterocycles. The molecule has 6 heteroatoms.